The maximum atomic E-state index is 12.7. The van der Waals surface area contributed by atoms with Gasteiger partial charge >= 0.3 is 0 Å². The number of carbonyl (C=O) groups is 1. The molecule has 1 saturated heterocycles. The van der Waals surface area contributed by atoms with Crippen LogP contribution in [-0.4, -0.2) is 48.1 Å². The Labute approximate surface area is 190 Å². The van der Waals surface area contributed by atoms with E-state index in [1.807, 2.05) is 36.3 Å². The van der Waals surface area contributed by atoms with Gasteiger partial charge in [-0.3, -0.25) is 9.78 Å². The molecule has 5 heteroatoms. The molecule has 0 saturated carbocycles. The van der Waals surface area contributed by atoms with Gasteiger partial charge in [0, 0.05) is 37.5 Å². The lowest BCUT2D eigenvalue weighted by atomic mass is 9.98. The standard InChI is InChI=1S/C27H33N3O2/c1-18(2)25(28-4)27(31)30-16-13-23(14-17-30)32-22-10-7-20(8-11-22)24-12-9-21-6-5-15-29-26(21)19(24)3/h5-12,15,18,23,25,28H,13-14,16-17H2,1-4H3. The minimum absolute atomic E-state index is 0.117. The third-order valence-electron chi connectivity index (χ3n) is 6.49. The van der Waals surface area contributed by atoms with Crippen molar-refractivity contribution in [3.05, 3.63) is 60.3 Å². The number of likely N-dealkylation sites (tertiary alicyclic amines) is 1. The molecule has 1 atom stereocenters. The maximum absolute atomic E-state index is 12.7. The Kier molecular flexibility index (Phi) is 6.75. The van der Waals surface area contributed by atoms with E-state index < -0.39 is 0 Å². The van der Waals surface area contributed by atoms with Crippen molar-refractivity contribution in [2.24, 2.45) is 5.92 Å². The summed E-state index contributed by atoms with van der Waals surface area (Å²) in [6.45, 7) is 7.77. The van der Waals surface area contributed by atoms with Gasteiger partial charge in [0.2, 0.25) is 5.91 Å². The van der Waals surface area contributed by atoms with Crippen LogP contribution < -0.4 is 10.1 Å². The summed E-state index contributed by atoms with van der Waals surface area (Å²) in [7, 11) is 1.86. The molecule has 1 aliphatic heterocycles. The van der Waals surface area contributed by atoms with Crippen LogP contribution in [0.3, 0.4) is 0 Å². The zero-order valence-corrected chi connectivity index (χ0v) is 19.5. The number of benzene rings is 2. The van der Waals surface area contributed by atoms with Crippen LogP contribution in [0.25, 0.3) is 22.0 Å². The SMILES string of the molecule is CNC(C(=O)N1CCC(Oc2ccc(-c3ccc4cccnc4c3C)cc2)CC1)C(C)C. The quantitative estimate of drug-likeness (QED) is 0.608. The van der Waals surface area contributed by atoms with Crippen LogP contribution >= 0.6 is 0 Å². The fourth-order valence-electron chi connectivity index (χ4n) is 4.64. The topological polar surface area (TPSA) is 54.5 Å². The van der Waals surface area contributed by atoms with Gasteiger partial charge in [-0.1, -0.05) is 44.2 Å². The highest BCUT2D eigenvalue weighted by Gasteiger charge is 2.29. The number of hydrogen-bond donors (Lipinski definition) is 1. The average Bonchev–Trinajstić information content (AvgIpc) is 2.81. The van der Waals surface area contributed by atoms with Gasteiger partial charge in [-0.05, 0) is 54.8 Å². The summed E-state index contributed by atoms with van der Waals surface area (Å²) < 4.78 is 6.24. The highest BCUT2D eigenvalue weighted by molar-refractivity contribution is 5.88. The highest BCUT2D eigenvalue weighted by Crippen LogP contribution is 2.30. The molecule has 5 nitrogen and oxygen atoms in total. The number of aryl methyl sites for hydroxylation is 1. The summed E-state index contributed by atoms with van der Waals surface area (Å²) in [6.07, 6.45) is 3.70. The molecule has 1 N–H and O–H groups in total. The lowest BCUT2D eigenvalue weighted by Crippen LogP contribution is -2.51. The van der Waals surface area contributed by atoms with E-state index in [2.05, 4.69) is 61.4 Å². The van der Waals surface area contributed by atoms with Crippen molar-refractivity contribution in [2.75, 3.05) is 20.1 Å². The zero-order chi connectivity index (χ0) is 22.7. The molecule has 0 radical (unpaired) electrons. The van der Waals surface area contributed by atoms with Crippen LogP contribution in [0.5, 0.6) is 5.75 Å². The summed E-state index contributed by atoms with van der Waals surface area (Å²) >= 11 is 0. The number of pyridine rings is 1. The van der Waals surface area contributed by atoms with Crippen molar-refractivity contribution in [3.8, 4) is 16.9 Å². The van der Waals surface area contributed by atoms with Crippen LogP contribution in [-0.2, 0) is 4.79 Å². The number of likely N-dealkylation sites (N-methyl/N-ethyl adjacent to an activating group) is 1. The number of carbonyl (C=O) groups excluding carboxylic acids is 1. The Morgan fingerprint density at radius 1 is 1.09 bits per heavy atom. The molecule has 1 amide bonds. The first-order valence-corrected chi connectivity index (χ1v) is 11.6. The first-order chi connectivity index (χ1) is 15.5. The van der Waals surface area contributed by atoms with Crippen molar-refractivity contribution >= 4 is 16.8 Å². The average molecular weight is 432 g/mol. The van der Waals surface area contributed by atoms with Gasteiger partial charge in [-0.2, -0.15) is 0 Å². The molecule has 2 aromatic carbocycles. The van der Waals surface area contributed by atoms with E-state index in [4.69, 9.17) is 4.74 Å². The molecule has 0 spiro atoms. The van der Waals surface area contributed by atoms with Crippen molar-refractivity contribution < 1.29 is 9.53 Å². The second kappa shape index (κ2) is 9.70. The number of amides is 1. The second-order valence-electron chi connectivity index (χ2n) is 8.99. The minimum Gasteiger partial charge on any atom is -0.490 e. The third-order valence-corrected chi connectivity index (χ3v) is 6.49. The van der Waals surface area contributed by atoms with Crippen molar-refractivity contribution in [1.82, 2.24) is 15.2 Å². The molecule has 1 aromatic heterocycles. The Hall–Kier alpha value is -2.92. The van der Waals surface area contributed by atoms with E-state index in [1.54, 1.807) is 0 Å². The predicted octanol–water partition coefficient (Wildman–Crippen LogP) is 4.82. The first-order valence-electron chi connectivity index (χ1n) is 11.6. The van der Waals surface area contributed by atoms with Crippen LogP contribution in [0.2, 0.25) is 0 Å². The normalized spacial score (nSPS) is 15.8. The van der Waals surface area contributed by atoms with Gasteiger partial charge in [0.1, 0.15) is 11.9 Å². The molecule has 1 unspecified atom stereocenters. The summed E-state index contributed by atoms with van der Waals surface area (Å²) in [5, 5.41) is 4.32. The zero-order valence-electron chi connectivity index (χ0n) is 19.5. The number of ether oxygens (including phenoxy) is 1. The van der Waals surface area contributed by atoms with Crippen molar-refractivity contribution in [2.45, 2.75) is 45.8 Å². The molecule has 3 aromatic rings. The molecule has 1 fully saturated rings. The van der Waals surface area contributed by atoms with Gasteiger partial charge in [0.15, 0.2) is 0 Å². The van der Waals surface area contributed by atoms with E-state index in [9.17, 15) is 4.79 Å². The second-order valence-corrected chi connectivity index (χ2v) is 8.99. The fraction of sp³-hybridized carbons (Fsp3) is 0.407. The lowest BCUT2D eigenvalue weighted by molar-refractivity contribution is -0.136. The maximum Gasteiger partial charge on any atom is 0.239 e. The number of nitrogens with one attached hydrogen (secondary N) is 1. The molecule has 32 heavy (non-hydrogen) atoms. The molecule has 4 rings (SSSR count). The minimum atomic E-state index is -0.117. The lowest BCUT2D eigenvalue weighted by Gasteiger charge is -2.35. The van der Waals surface area contributed by atoms with Crippen molar-refractivity contribution in [1.29, 1.82) is 0 Å². The van der Waals surface area contributed by atoms with Crippen LogP contribution in [0.15, 0.2) is 54.7 Å². The van der Waals surface area contributed by atoms with Gasteiger partial charge in [-0.15, -0.1) is 0 Å². The monoisotopic (exact) mass is 431 g/mol. The molecule has 1 aliphatic rings. The Bertz CT molecular complexity index is 1070. The number of rotatable bonds is 6. The molecule has 0 aliphatic carbocycles. The van der Waals surface area contributed by atoms with Gasteiger partial charge < -0.3 is 15.0 Å². The molecular formula is C27H33N3O2. The first kappa shape index (κ1) is 22.3. The Morgan fingerprint density at radius 3 is 2.47 bits per heavy atom. The van der Waals surface area contributed by atoms with E-state index >= 15 is 0 Å². The number of aromatic nitrogens is 1. The smallest absolute Gasteiger partial charge is 0.239 e. The molecule has 2 heterocycles. The Balaban J connectivity index is 1.38. The predicted molar refractivity (Wildman–Crippen MR) is 130 cm³/mol. The molecular weight excluding hydrogens is 398 g/mol. The molecule has 168 valence electrons. The molecule has 0 bridgehead atoms. The van der Waals surface area contributed by atoms with Crippen LogP contribution in [0.4, 0.5) is 0 Å². The Morgan fingerprint density at radius 2 is 1.81 bits per heavy atom. The van der Waals surface area contributed by atoms with E-state index in [0.29, 0.717) is 0 Å². The summed E-state index contributed by atoms with van der Waals surface area (Å²) in [6, 6.07) is 16.6. The van der Waals surface area contributed by atoms with Gasteiger partial charge in [0.25, 0.3) is 0 Å². The van der Waals surface area contributed by atoms with Gasteiger partial charge in [-0.25, -0.2) is 0 Å². The number of piperidine rings is 1. The summed E-state index contributed by atoms with van der Waals surface area (Å²) in [4.78, 5) is 19.3. The number of hydrogen-bond acceptors (Lipinski definition) is 4. The highest BCUT2D eigenvalue weighted by atomic mass is 16.5. The van der Waals surface area contributed by atoms with Crippen molar-refractivity contribution in [3.63, 3.8) is 0 Å². The van der Waals surface area contributed by atoms with E-state index in [-0.39, 0.29) is 24.0 Å². The largest absolute Gasteiger partial charge is 0.490 e. The fourth-order valence-corrected chi connectivity index (χ4v) is 4.64. The van der Waals surface area contributed by atoms with E-state index in [1.165, 1.54) is 11.1 Å². The van der Waals surface area contributed by atoms with Crippen LogP contribution in [0.1, 0.15) is 32.3 Å². The van der Waals surface area contributed by atoms with E-state index in [0.717, 1.165) is 48.1 Å². The summed E-state index contributed by atoms with van der Waals surface area (Å²) in [5.41, 5.74) is 4.59. The van der Waals surface area contributed by atoms with Crippen LogP contribution in [0, 0.1) is 12.8 Å². The number of fused-ring (bicyclic) bond motifs is 1. The summed E-state index contributed by atoms with van der Waals surface area (Å²) in [5.74, 6) is 1.36. The van der Waals surface area contributed by atoms with Gasteiger partial charge in [0.05, 0.1) is 11.6 Å². The number of nitrogens with zero attached hydrogens (tertiary/aromatic N) is 2. The third kappa shape index (κ3) is 4.63.